The van der Waals surface area contributed by atoms with Crippen molar-refractivity contribution in [2.45, 2.75) is 50.7 Å². The van der Waals surface area contributed by atoms with Crippen molar-refractivity contribution in [3.05, 3.63) is 89.4 Å². The monoisotopic (exact) mass is 534 g/mol. The number of amides is 3. The van der Waals surface area contributed by atoms with Crippen LogP contribution in [0.25, 0.3) is 16.8 Å². The van der Waals surface area contributed by atoms with Gasteiger partial charge in [-0.15, -0.1) is 0 Å². The van der Waals surface area contributed by atoms with E-state index in [-0.39, 0.29) is 24.1 Å². The first-order chi connectivity index (χ1) is 19.5. The van der Waals surface area contributed by atoms with Gasteiger partial charge >= 0.3 is 0 Å². The molecule has 3 amide bonds. The lowest BCUT2D eigenvalue weighted by Crippen LogP contribution is -2.52. The molecule has 40 heavy (non-hydrogen) atoms. The average molecular weight is 535 g/mol. The zero-order valence-electron chi connectivity index (χ0n) is 22.1. The SMILES string of the molecule is O=C1CCC(N2Cc3cc(C4CCN(Cc5ccc6cc(-c7cccnc7)nn6c5)CC4)ccc3C2=O)C(=O)N1. The predicted molar refractivity (Wildman–Crippen MR) is 148 cm³/mol. The summed E-state index contributed by atoms with van der Waals surface area (Å²) >= 11 is 0. The summed E-state index contributed by atoms with van der Waals surface area (Å²) in [5, 5.41) is 7.13. The molecule has 9 heteroatoms. The molecular weight excluding hydrogens is 504 g/mol. The maximum Gasteiger partial charge on any atom is 0.255 e. The van der Waals surface area contributed by atoms with Gasteiger partial charge in [0, 0.05) is 49.2 Å². The molecule has 1 N–H and O–H groups in total. The van der Waals surface area contributed by atoms with Crippen molar-refractivity contribution in [1.82, 2.24) is 29.7 Å². The third-order valence-electron chi connectivity index (χ3n) is 8.49. The Balaban J connectivity index is 0.986. The van der Waals surface area contributed by atoms with Gasteiger partial charge in [-0.25, -0.2) is 4.52 Å². The van der Waals surface area contributed by atoms with E-state index in [2.05, 4.69) is 51.7 Å². The van der Waals surface area contributed by atoms with E-state index in [0.29, 0.717) is 24.4 Å². The summed E-state index contributed by atoms with van der Waals surface area (Å²) in [7, 11) is 0. The van der Waals surface area contributed by atoms with Crippen LogP contribution in [0.1, 0.15) is 58.6 Å². The fraction of sp³-hybridized carbons (Fsp3) is 0.323. The number of fused-ring (bicyclic) bond motifs is 2. The largest absolute Gasteiger partial charge is 0.322 e. The van der Waals surface area contributed by atoms with E-state index < -0.39 is 6.04 Å². The van der Waals surface area contributed by atoms with Crippen LogP contribution in [0.3, 0.4) is 0 Å². The van der Waals surface area contributed by atoms with Gasteiger partial charge in [-0.05, 0) is 85.3 Å². The molecule has 9 nitrogen and oxygen atoms in total. The first-order valence-corrected chi connectivity index (χ1v) is 13.9. The van der Waals surface area contributed by atoms with Gasteiger partial charge < -0.3 is 4.90 Å². The first kappa shape index (κ1) is 24.7. The number of benzene rings is 1. The Morgan fingerprint density at radius 3 is 2.65 bits per heavy atom. The molecule has 3 aromatic heterocycles. The smallest absolute Gasteiger partial charge is 0.255 e. The van der Waals surface area contributed by atoms with Crippen molar-refractivity contribution in [1.29, 1.82) is 0 Å². The minimum Gasteiger partial charge on any atom is -0.322 e. The Kier molecular flexibility index (Phi) is 6.15. The standard InChI is InChI=1S/C31H30N6O3/c38-29-8-7-28(30(39)33-29)36-19-24-14-22(4-6-26(24)31(36)40)21-9-12-35(13-10-21)17-20-3-5-25-15-27(34-37(25)18-20)23-2-1-11-32-16-23/h1-6,11,14-16,18,21,28H,7-10,12-13,17,19H2,(H,33,38,39). The highest BCUT2D eigenvalue weighted by Crippen LogP contribution is 2.34. The number of aromatic nitrogens is 3. The summed E-state index contributed by atoms with van der Waals surface area (Å²) in [4.78, 5) is 45.2. The first-order valence-electron chi connectivity index (χ1n) is 13.9. The summed E-state index contributed by atoms with van der Waals surface area (Å²) in [6, 6.07) is 15.9. The summed E-state index contributed by atoms with van der Waals surface area (Å²) in [5.74, 6) is -0.314. The minimum absolute atomic E-state index is 0.118. The molecule has 0 radical (unpaired) electrons. The highest BCUT2D eigenvalue weighted by atomic mass is 16.2. The van der Waals surface area contributed by atoms with Gasteiger partial charge in [0.05, 0.1) is 11.2 Å². The van der Waals surface area contributed by atoms with Crippen molar-refractivity contribution >= 4 is 23.2 Å². The minimum atomic E-state index is -0.577. The van der Waals surface area contributed by atoms with Crippen LogP contribution in [-0.2, 0) is 22.7 Å². The van der Waals surface area contributed by atoms with Crippen molar-refractivity contribution in [3.63, 3.8) is 0 Å². The van der Waals surface area contributed by atoms with E-state index in [1.165, 1.54) is 11.1 Å². The number of nitrogens with zero attached hydrogens (tertiary/aromatic N) is 5. The average Bonchev–Trinajstić information content (AvgIpc) is 3.54. The highest BCUT2D eigenvalue weighted by molar-refractivity contribution is 6.05. The predicted octanol–water partition coefficient (Wildman–Crippen LogP) is 3.54. The van der Waals surface area contributed by atoms with Crippen LogP contribution in [-0.4, -0.2) is 61.3 Å². The van der Waals surface area contributed by atoms with Crippen molar-refractivity contribution < 1.29 is 14.4 Å². The normalized spacial score (nSPS) is 20.2. The van der Waals surface area contributed by atoms with Gasteiger partial charge in [-0.3, -0.25) is 29.6 Å². The molecule has 1 unspecified atom stereocenters. The number of imide groups is 1. The molecule has 6 heterocycles. The summed E-state index contributed by atoms with van der Waals surface area (Å²) in [6.07, 6.45) is 8.48. The molecule has 1 atom stereocenters. The molecule has 0 spiro atoms. The van der Waals surface area contributed by atoms with Crippen LogP contribution < -0.4 is 5.32 Å². The number of carbonyl (C=O) groups excluding carboxylic acids is 3. The highest BCUT2D eigenvalue weighted by Gasteiger charge is 2.39. The maximum absolute atomic E-state index is 13.0. The molecule has 202 valence electrons. The lowest BCUT2D eigenvalue weighted by Gasteiger charge is -2.32. The Hall–Kier alpha value is -4.37. The van der Waals surface area contributed by atoms with Gasteiger partial charge in [0.15, 0.2) is 0 Å². The Morgan fingerprint density at radius 2 is 1.85 bits per heavy atom. The summed E-state index contributed by atoms with van der Waals surface area (Å²) in [5.41, 5.74) is 7.14. The number of piperidine rings is 2. The van der Waals surface area contributed by atoms with Crippen LogP contribution >= 0.6 is 0 Å². The Bertz CT molecular complexity index is 1620. The van der Waals surface area contributed by atoms with Crippen molar-refractivity contribution in [2.24, 2.45) is 0 Å². The second kappa shape index (κ2) is 9.98. The maximum atomic E-state index is 13.0. The number of hydrogen-bond acceptors (Lipinski definition) is 6. The zero-order chi connectivity index (χ0) is 27.2. The second-order valence-corrected chi connectivity index (χ2v) is 11.0. The lowest BCUT2D eigenvalue weighted by molar-refractivity contribution is -0.136. The van der Waals surface area contributed by atoms with Crippen LogP contribution in [0.4, 0.5) is 0 Å². The van der Waals surface area contributed by atoms with Crippen LogP contribution in [0.5, 0.6) is 0 Å². The molecule has 0 saturated carbocycles. The number of hydrogen-bond donors (Lipinski definition) is 1. The molecule has 1 aromatic carbocycles. The molecule has 3 aliphatic rings. The van der Waals surface area contributed by atoms with Gasteiger partial charge in [0.25, 0.3) is 5.91 Å². The molecule has 2 fully saturated rings. The number of nitrogens with one attached hydrogen (secondary N) is 1. The van der Waals surface area contributed by atoms with Gasteiger partial charge in [0.2, 0.25) is 11.8 Å². The van der Waals surface area contributed by atoms with E-state index in [4.69, 9.17) is 5.10 Å². The van der Waals surface area contributed by atoms with Crippen LogP contribution in [0.15, 0.2) is 67.1 Å². The summed E-state index contributed by atoms with van der Waals surface area (Å²) in [6.45, 7) is 3.30. The van der Waals surface area contributed by atoms with E-state index >= 15 is 0 Å². The van der Waals surface area contributed by atoms with E-state index in [1.807, 2.05) is 28.9 Å². The molecule has 7 rings (SSSR count). The molecule has 4 aromatic rings. The number of likely N-dealkylation sites (tertiary alicyclic amines) is 1. The fourth-order valence-corrected chi connectivity index (χ4v) is 6.31. The van der Waals surface area contributed by atoms with E-state index in [1.54, 1.807) is 11.1 Å². The molecule has 0 bridgehead atoms. The molecular formula is C31H30N6O3. The molecule has 0 aliphatic carbocycles. The zero-order valence-corrected chi connectivity index (χ0v) is 22.1. The van der Waals surface area contributed by atoms with Crippen molar-refractivity contribution in [3.8, 4) is 11.3 Å². The van der Waals surface area contributed by atoms with E-state index in [0.717, 1.165) is 54.8 Å². The number of rotatable bonds is 5. The molecule has 3 aliphatic heterocycles. The number of carbonyl (C=O) groups is 3. The third kappa shape index (κ3) is 4.56. The van der Waals surface area contributed by atoms with Gasteiger partial charge in [0.1, 0.15) is 6.04 Å². The lowest BCUT2D eigenvalue weighted by atomic mass is 9.88. The quantitative estimate of drug-likeness (QED) is 0.393. The topological polar surface area (TPSA) is 99.9 Å². The second-order valence-electron chi connectivity index (χ2n) is 11.0. The van der Waals surface area contributed by atoms with Gasteiger partial charge in [-0.2, -0.15) is 5.10 Å². The third-order valence-corrected chi connectivity index (χ3v) is 8.49. The van der Waals surface area contributed by atoms with E-state index in [9.17, 15) is 14.4 Å². The fourth-order valence-electron chi connectivity index (χ4n) is 6.31. The number of pyridine rings is 2. The van der Waals surface area contributed by atoms with Crippen LogP contribution in [0.2, 0.25) is 0 Å². The van der Waals surface area contributed by atoms with Crippen molar-refractivity contribution in [2.75, 3.05) is 13.1 Å². The Morgan fingerprint density at radius 1 is 0.975 bits per heavy atom. The molecule has 2 saturated heterocycles. The summed E-state index contributed by atoms with van der Waals surface area (Å²) < 4.78 is 1.95. The van der Waals surface area contributed by atoms with Gasteiger partial charge in [-0.1, -0.05) is 18.2 Å². The van der Waals surface area contributed by atoms with Crippen LogP contribution in [0, 0.1) is 0 Å². The Labute approximate surface area is 231 Å².